The van der Waals surface area contributed by atoms with Gasteiger partial charge in [0.1, 0.15) is 5.82 Å². The van der Waals surface area contributed by atoms with Crippen molar-refractivity contribution in [1.82, 2.24) is 4.98 Å². The smallest absolute Gasteiger partial charge is 0.141 e. The Labute approximate surface area is 86.5 Å². The highest BCUT2D eigenvalue weighted by atomic mass is 19.1. The molecule has 0 N–H and O–H groups in total. The molecule has 0 fully saturated rings. The van der Waals surface area contributed by atoms with Crippen LogP contribution in [0.15, 0.2) is 42.6 Å². The molecule has 0 amide bonds. The van der Waals surface area contributed by atoms with Gasteiger partial charge in [-0.3, -0.25) is 4.98 Å². The molecule has 1 heterocycles. The van der Waals surface area contributed by atoms with Gasteiger partial charge in [-0.15, -0.1) is 0 Å². The van der Waals surface area contributed by atoms with E-state index in [9.17, 15) is 4.39 Å². The van der Waals surface area contributed by atoms with Crippen molar-refractivity contribution in [2.24, 2.45) is 0 Å². The second-order valence-corrected chi connectivity index (χ2v) is 2.94. The zero-order valence-corrected chi connectivity index (χ0v) is 7.37. The summed E-state index contributed by atoms with van der Waals surface area (Å²) in [6.45, 7) is -2.10. The standard InChI is InChI=1S/C12H10FN/c1-9-2-4-10(5-3-9)12-7-6-11(13)8-14-12/h2-8H,1H3/i1D3. The van der Waals surface area contributed by atoms with Gasteiger partial charge in [0.15, 0.2) is 0 Å². The first kappa shape index (κ1) is 5.91. The van der Waals surface area contributed by atoms with E-state index in [1.54, 1.807) is 18.2 Å². The minimum Gasteiger partial charge on any atom is -0.253 e. The first-order valence-corrected chi connectivity index (χ1v) is 4.19. The minimum atomic E-state index is -2.10. The normalized spacial score (nSPS) is 14.2. The molecule has 0 saturated heterocycles. The molecule has 1 aromatic carbocycles. The molecule has 0 unspecified atom stereocenters. The summed E-state index contributed by atoms with van der Waals surface area (Å²) in [6.07, 6.45) is 1.13. The number of hydrogen-bond acceptors (Lipinski definition) is 1. The number of rotatable bonds is 1. The molecule has 0 aliphatic heterocycles. The number of aryl methyl sites for hydroxylation is 1. The van der Waals surface area contributed by atoms with Crippen LogP contribution in [0.5, 0.6) is 0 Å². The molecule has 2 heteroatoms. The van der Waals surface area contributed by atoms with Gasteiger partial charge in [0.25, 0.3) is 0 Å². The molecule has 0 aliphatic carbocycles. The lowest BCUT2D eigenvalue weighted by molar-refractivity contribution is 0.622. The van der Waals surface area contributed by atoms with Crippen molar-refractivity contribution in [3.05, 3.63) is 54.0 Å². The quantitative estimate of drug-likeness (QED) is 0.673. The maximum Gasteiger partial charge on any atom is 0.141 e. The average molecular weight is 190 g/mol. The Morgan fingerprint density at radius 1 is 1.14 bits per heavy atom. The molecule has 0 spiro atoms. The van der Waals surface area contributed by atoms with Crippen LogP contribution in [0.4, 0.5) is 4.39 Å². The molecule has 2 rings (SSSR count). The van der Waals surface area contributed by atoms with E-state index in [0.29, 0.717) is 5.69 Å². The summed E-state index contributed by atoms with van der Waals surface area (Å²) in [5.74, 6) is -0.395. The van der Waals surface area contributed by atoms with E-state index in [0.717, 1.165) is 11.8 Å². The van der Waals surface area contributed by atoms with Crippen LogP contribution in [0.3, 0.4) is 0 Å². The molecular formula is C12H10FN. The monoisotopic (exact) mass is 190 g/mol. The number of halogens is 1. The highest BCUT2D eigenvalue weighted by Gasteiger charge is 1.98. The lowest BCUT2D eigenvalue weighted by Crippen LogP contribution is -1.84. The van der Waals surface area contributed by atoms with Crippen LogP contribution in [-0.4, -0.2) is 4.98 Å². The van der Waals surface area contributed by atoms with E-state index < -0.39 is 12.7 Å². The Bertz CT molecular complexity index is 503. The minimum absolute atomic E-state index is 0.281. The number of pyridine rings is 1. The summed E-state index contributed by atoms with van der Waals surface area (Å²) in [4.78, 5) is 3.92. The van der Waals surface area contributed by atoms with Crippen molar-refractivity contribution < 1.29 is 8.50 Å². The van der Waals surface area contributed by atoms with Crippen molar-refractivity contribution >= 4 is 0 Å². The van der Waals surface area contributed by atoms with Gasteiger partial charge in [0.05, 0.1) is 11.9 Å². The first-order valence-electron chi connectivity index (χ1n) is 5.69. The number of nitrogens with zero attached hydrogens (tertiary/aromatic N) is 1. The first-order chi connectivity index (χ1) is 7.97. The van der Waals surface area contributed by atoms with Crippen LogP contribution < -0.4 is 0 Å². The maximum absolute atomic E-state index is 12.7. The fourth-order valence-electron chi connectivity index (χ4n) is 1.19. The van der Waals surface area contributed by atoms with Crippen LogP contribution >= 0.6 is 0 Å². The molecular weight excluding hydrogens is 177 g/mol. The lowest BCUT2D eigenvalue weighted by atomic mass is 10.1. The predicted molar refractivity (Wildman–Crippen MR) is 54.4 cm³/mol. The Morgan fingerprint density at radius 2 is 1.93 bits per heavy atom. The van der Waals surface area contributed by atoms with Crippen LogP contribution in [0, 0.1) is 12.7 Å². The SMILES string of the molecule is [2H]C([2H])([2H])c1ccc(-c2ccc(F)cn2)cc1. The molecule has 70 valence electrons. The Morgan fingerprint density at radius 3 is 2.50 bits per heavy atom. The summed E-state index contributed by atoms with van der Waals surface area (Å²) in [6, 6.07) is 9.28. The van der Waals surface area contributed by atoms with E-state index in [1.165, 1.54) is 18.2 Å². The predicted octanol–water partition coefficient (Wildman–Crippen LogP) is 3.20. The van der Waals surface area contributed by atoms with E-state index in [1.807, 2.05) is 0 Å². The largest absolute Gasteiger partial charge is 0.253 e. The van der Waals surface area contributed by atoms with Crippen molar-refractivity contribution in [3.8, 4) is 11.3 Å². The second-order valence-electron chi connectivity index (χ2n) is 2.94. The molecule has 0 bridgehead atoms. The molecule has 1 aromatic heterocycles. The molecule has 0 aliphatic rings. The topological polar surface area (TPSA) is 12.9 Å². The fourth-order valence-corrected chi connectivity index (χ4v) is 1.19. The lowest BCUT2D eigenvalue weighted by Gasteiger charge is -2.00. The molecule has 1 nitrogen and oxygen atoms in total. The highest BCUT2D eigenvalue weighted by Crippen LogP contribution is 2.16. The van der Waals surface area contributed by atoms with Crippen molar-refractivity contribution in [2.45, 2.75) is 6.85 Å². The van der Waals surface area contributed by atoms with E-state index in [-0.39, 0.29) is 5.56 Å². The van der Waals surface area contributed by atoms with Gasteiger partial charge in [-0.25, -0.2) is 4.39 Å². The zero-order valence-electron chi connectivity index (χ0n) is 10.4. The fraction of sp³-hybridized carbons (Fsp3) is 0.0833. The van der Waals surface area contributed by atoms with Crippen LogP contribution in [0.2, 0.25) is 0 Å². The molecule has 0 atom stereocenters. The van der Waals surface area contributed by atoms with Crippen molar-refractivity contribution in [1.29, 1.82) is 0 Å². The van der Waals surface area contributed by atoms with Gasteiger partial charge in [0.2, 0.25) is 0 Å². The van der Waals surface area contributed by atoms with Gasteiger partial charge in [-0.1, -0.05) is 29.8 Å². The highest BCUT2D eigenvalue weighted by molar-refractivity contribution is 5.58. The third-order valence-electron chi connectivity index (χ3n) is 1.91. The van der Waals surface area contributed by atoms with E-state index >= 15 is 0 Å². The maximum atomic E-state index is 12.7. The van der Waals surface area contributed by atoms with Gasteiger partial charge in [-0.05, 0) is 19.0 Å². The van der Waals surface area contributed by atoms with Crippen LogP contribution in [0.1, 0.15) is 9.68 Å². The van der Waals surface area contributed by atoms with Crippen LogP contribution in [-0.2, 0) is 0 Å². The number of benzene rings is 1. The van der Waals surface area contributed by atoms with Gasteiger partial charge < -0.3 is 0 Å². The van der Waals surface area contributed by atoms with Gasteiger partial charge in [-0.2, -0.15) is 0 Å². The Kier molecular flexibility index (Phi) is 1.51. The molecule has 2 aromatic rings. The number of hydrogen-bond donors (Lipinski definition) is 0. The zero-order chi connectivity index (χ0) is 12.5. The van der Waals surface area contributed by atoms with Gasteiger partial charge >= 0.3 is 0 Å². The summed E-state index contributed by atoms with van der Waals surface area (Å²) in [5.41, 5.74) is 1.66. The molecule has 14 heavy (non-hydrogen) atoms. The van der Waals surface area contributed by atoms with Crippen molar-refractivity contribution in [2.75, 3.05) is 0 Å². The molecule has 0 saturated carbocycles. The average Bonchev–Trinajstić information content (AvgIpc) is 2.29. The summed E-state index contributed by atoms with van der Waals surface area (Å²) in [5, 5.41) is 0. The van der Waals surface area contributed by atoms with Gasteiger partial charge in [0, 0.05) is 9.68 Å². The molecule has 0 radical (unpaired) electrons. The summed E-state index contributed by atoms with van der Waals surface area (Å²) >= 11 is 0. The second kappa shape index (κ2) is 3.58. The summed E-state index contributed by atoms with van der Waals surface area (Å²) in [7, 11) is 0. The summed E-state index contributed by atoms with van der Waals surface area (Å²) < 4.78 is 34.4. The van der Waals surface area contributed by atoms with E-state index in [4.69, 9.17) is 4.11 Å². The third-order valence-corrected chi connectivity index (χ3v) is 1.91. The van der Waals surface area contributed by atoms with E-state index in [2.05, 4.69) is 4.98 Å². The van der Waals surface area contributed by atoms with Crippen molar-refractivity contribution in [3.63, 3.8) is 0 Å². The van der Waals surface area contributed by atoms with Crippen LogP contribution in [0.25, 0.3) is 11.3 Å². The Balaban J connectivity index is 2.33. The third kappa shape index (κ3) is 1.79. The Hall–Kier alpha value is -1.70. The number of aromatic nitrogens is 1.